The summed E-state index contributed by atoms with van der Waals surface area (Å²) in [6.45, 7) is 0.841. The molecule has 5 heteroatoms. The third-order valence-electron chi connectivity index (χ3n) is 3.03. The van der Waals surface area contributed by atoms with Gasteiger partial charge in [0.2, 0.25) is 11.7 Å². The minimum Gasteiger partial charge on any atom is -0.374 e. The molecule has 1 aromatic heterocycles. The number of benzene rings is 1. The van der Waals surface area contributed by atoms with E-state index in [2.05, 4.69) is 22.3 Å². The summed E-state index contributed by atoms with van der Waals surface area (Å²) in [5.41, 5.74) is 2.10. The lowest BCUT2D eigenvalue weighted by Gasteiger charge is -2.09. The largest absolute Gasteiger partial charge is 0.374 e. The van der Waals surface area contributed by atoms with Crippen LogP contribution >= 0.6 is 11.6 Å². The smallest absolute Gasteiger partial charge is 0.241 e. The minimum absolute atomic E-state index is 0.198. The molecule has 1 aliphatic heterocycles. The van der Waals surface area contributed by atoms with E-state index in [0.29, 0.717) is 11.7 Å². The van der Waals surface area contributed by atoms with Gasteiger partial charge in [-0.2, -0.15) is 4.98 Å². The van der Waals surface area contributed by atoms with Gasteiger partial charge in [0.1, 0.15) is 5.88 Å². The topological polar surface area (TPSA) is 48.2 Å². The van der Waals surface area contributed by atoms with Gasteiger partial charge in [0.15, 0.2) is 0 Å². The zero-order valence-electron chi connectivity index (χ0n) is 9.80. The van der Waals surface area contributed by atoms with Gasteiger partial charge in [0.05, 0.1) is 6.10 Å². The molecule has 0 radical (unpaired) electrons. The van der Waals surface area contributed by atoms with Crippen molar-refractivity contribution in [3.05, 3.63) is 35.7 Å². The second kappa shape index (κ2) is 5.08. The predicted molar refractivity (Wildman–Crippen MR) is 67.2 cm³/mol. The second-order valence-electron chi connectivity index (χ2n) is 4.27. The molecule has 0 aliphatic carbocycles. The SMILES string of the molecule is ClCc1nc(-c2cccc(C3CCCO3)c2)no1. The van der Waals surface area contributed by atoms with E-state index in [0.717, 1.165) is 25.0 Å². The molecule has 3 rings (SSSR count). The summed E-state index contributed by atoms with van der Waals surface area (Å²) < 4.78 is 10.7. The summed E-state index contributed by atoms with van der Waals surface area (Å²) in [6.07, 6.45) is 2.39. The van der Waals surface area contributed by atoms with Gasteiger partial charge in [0, 0.05) is 12.2 Å². The Kier molecular flexibility index (Phi) is 3.30. The lowest BCUT2D eigenvalue weighted by molar-refractivity contribution is 0.112. The van der Waals surface area contributed by atoms with Crippen LogP contribution in [0.3, 0.4) is 0 Å². The number of hydrogen-bond donors (Lipinski definition) is 0. The van der Waals surface area contributed by atoms with Crippen molar-refractivity contribution in [1.29, 1.82) is 0 Å². The average Bonchev–Trinajstić information content (AvgIpc) is 3.10. The predicted octanol–water partition coefficient (Wildman–Crippen LogP) is 3.33. The summed E-state index contributed by atoms with van der Waals surface area (Å²) in [7, 11) is 0. The number of rotatable bonds is 3. The van der Waals surface area contributed by atoms with Gasteiger partial charge in [-0.3, -0.25) is 0 Å². The van der Waals surface area contributed by atoms with Crippen LogP contribution in [-0.2, 0) is 10.6 Å². The van der Waals surface area contributed by atoms with Gasteiger partial charge in [-0.1, -0.05) is 23.4 Å². The van der Waals surface area contributed by atoms with Crippen LogP contribution in [0.25, 0.3) is 11.4 Å². The van der Waals surface area contributed by atoms with E-state index in [1.54, 1.807) is 0 Å². The fourth-order valence-corrected chi connectivity index (χ4v) is 2.25. The van der Waals surface area contributed by atoms with Crippen molar-refractivity contribution in [3.8, 4) is 11.4 Å². The quantitative estimate of drug-likeness (QED) is 0.798. The first-order valence-corrected chi connectivity index (χ1v) is 6.51. The van der Waals surface area contributed by atoms with Gasteiger partial charge < -0.3 is 9.26 Å². The molecule has 2 aromatic rings. The molecule has 4 nitrogen and oxygen atoms in total. The highest BCUT2D eigenvalue weighted by Crippen LogP contribution is 2.30. The Labute approximate surface area is 110 Å². The molecule has 0 bridgehead atoms. The van der Waals surface area contributed by atoms with E-state index in [1.165, 1.54) is 5.56 Å². The first kappa shape index (κ1) is 11.7. The third-order valence-corrected chi connectivity index (χ3v) is 3.26. The molecule has 94 valence electrons. The molecule has 1 atom stereocenters. The number of nitrogens with zero attached hydrogens (tertiary/aromatic N) is 2. The van der Waals surface area contributed by atoms with E-state index >= 15 is 0 Å². The Bertz CT molecular complexity index is 535. The molecular weight excluding hydrogens is 252 g/mol. The molecule has 1 aliphatic rings. The Morgan fingerprint density at radius 3 is 3.06 bits per heavy atom. The van der Waals surface area contributed by atoms with E-state index < -0.39 is 0 Å². The molecule has 0 N–H and O–H groups in total. The van der Waals surface area contributed by atoms with Crippen LogP contribution in [0.1, 0.15) is 30.4 Å². The van der Waals surface area contributed by atoms with Gasteiger partial charge in [-0.25, -0.2) is 0 Å². The fourth-order valence-electron chi connectivity index (χ4n) is 2.14. The highest BCUT2D eigenvalue weighted by atomic mass is 35.5. The maximum Gasteiger partial charge on any atom is 0.241 e. The van der Waals surface area contributed by atoms with E-state index in [4.69, 9.17) is 20.9 Å². The first-order valence-electron chi connectivity index (χ1n) is 5.97. The number of hydrogen-bond acceptors (Lipinski definition) is 4. The number of aromatic nitrogens is 2. The zero-order chi connectivity index (χ0) is 12.4. The lowest BCUT2D eigenvalue weighted by atomic mass is 10.0. The van der Waals surface area contributed by atoms with E-state index in [-0.39, 0.29) is 12.0 Å². The zero-order valence-corrected chi connectivity index (χ0v) is 10.6. The van der Waals surface area contributed by atoms with Crippen molar-refractivity contribution < 1.29 is 9.26 Å². The Morgan fingerprint density at radius 2 is 2.33 bits per heavy atom. The maximum atomic E-state index is 5.67. The van der Waals surface area contributed by atoms with Crippen LogP contribution < -0.4 is 0 Å². The molecule has 1 fully saturated rings. The summed E-state index contributed by atoms with van der Waals surface area (Å²) in [5.74, 6) is 1.25. The summed E-state index contributed by atoms with van der Waals surface area (Å²) in [4.78, 5) is 4.22. The highest BCUT2D eigenvalue weighted by molar-refractivity contribution is 6.16. The van der Waals surface area contributed by atoms with Crippen LogP contribution in [0.2, 0.25) is 0 Å². The molecular formula is C13H13ClN2O2. The number of ether oxygens (including phenoxy) is 1. The van der Waals surface area contributed by atoms with Crippen molar-refractivity contribution in [2.24, 2.45) is 0 Å². The van der Waals surface area contributed by atoms with Crippen LogP contribution in [0.15, 0.2) is 28.8 Å². The normalized spacial score (nSPS) is 19.3. The molecule has 1 unspecified atom stereocenters. The van der Waals surface area contributed by atoms with Crippen LogP contribution in [-0.4, -0.2) is 16.7 Å². The van der Waals surface area contributed by atoms with Crippen molar-refractivity contribution >= 4 is 11.6 Å². The van der Waals surface area contributed by atoms with Crippen LogP contribution in [0, 0.1) is 0 Å². The first-order chi connectivity index (χ1) is 8.86. The van der Waals surface area contributed by atoms with Crippen molar-refractivity contribution in [2.45, 2.75) is 24.8 Å². The molecule has 1 aromatic carbocycles. The van der Waals surface area contributed by atoms with E-state index in [9.17, 15) is 0 Å². The standard InChI is InChI=1S/C13H13ClN2O2/c14-8-12-15-13(16-18-12)10-4-1-3-9(7-10)11-5-2-6-17-11/h1,3-4,7,11H,2,5-6,8H2. The van der Waals surface area contributed by atoms with Crippen LogP contribution in [0.4, 0.5) is 0 Å². The Morgan fingerprint density at radius 1 is 1.39 bits per heavy atom. The second-order valence-corrected chi connectivity index (χ2v) is 4.54. The molecule has 1 saturated heterocycles. The highest BCUT2D eigenvalue weighted by Gasteiger charge is 2.18. The van der Waals surface area contributed by atoms with Crippen molar-refractivity contribution in [3.63, 3.8) is 0 Å². The Balaban J connectivity index is 1.90. The third kappa shape index (κ3) is 2.26. The maximum absolute atomic E-state index is 5.67. The molecule has 0 spiro atoms. The van der Waals surface area contributed by atoms with Crippen LogP contribution in [0.5, 0.6) is 0 Å². The monoisotopic (exact) mass is 264 g/mol. The minimum atomic E-state index is 0.198. The average molecular weight is 265 g/mol. The molecule has 0 saturated carbocycles. The number of halogens is 1. The summed E-state index contributed by atoms with van der Waals surface area (Å²) in [5, 5.41) is 3.91. The van der Waals surface area contributed by atoms with Gasteiger partial charge in [0.25, 0.3) is 0 Å². The van der Waals surface area contributed by atoms with Crippen molar-refractivity contribution in [2.75, 3.05) is 6.61 Å². The lowest BCUT2D eigenvalue weighted by Crippen LogP contribution is -1.96. The molecule has 18 heavy (non-hydrogen) atoms. The van der Waals surface area contributed by atoms with Gasteiger partial charge in [-0.15, -0.1) is 11.6 Å². The Hall–Kier alpha value is -1.39. The summed E-state index contributed by atoms with van der Waals surface area (Å²) in [6, 6.07) is 8.07. The summed E-state index contributed by atoms with van der Waals surface area (Å²) >= 11 is 5.65. The molecule has 0 amide bonds. The fraction of sp³-hybridized carbons (Fsp3) is 0.385. The van der Waals surface area contributed by atoms with Gasteiger partial charge >= 0.3 is 0 Å². The number of alkyl halides is 1. The van der Waals surface area contributed by atoms with Crippen molar-refractivity contribution in [1.82, 2.24) is 10.1 Å². The van der Waals surface area contributed by atoms with Gasteiger partial charge in [-0.05, 0) is 24.5 Å². The molecule has 2 heterocycles. The van der Waals surface area contributed by atoms with E-state index in [1.807, 2.05) is 12.1 Å².